The molecule has 0 radical (unpaired) electrons. The van der Waals surface area contributed by atoms with E-state index in [4.69, 9.17) is 4.42 Å². The van der Waals surface area contributed by atoms with E-state index < -0.39 is 6.10 Å². The highest BCUT2D eigenvalue weighted by Crippen LogP contribution is 2.33. The van der Waals surface area contributed by atoms with Crippen LogP contribution in [0.1, 0.15) is 23.0 Å². The van der Waals surface area contributed by atoms with Crippen LogP contribution in [-0.4, -0.2) is 5.11 Å². The second-order valence-electron chi connectivity index (χ2n) is 4.53. The zero-order valence-electron chi connectivity index (χ0n) is 10.4. The van der Waals surface area contributed by atoms with Gasteiger partial charge in [-0.15, -0.1) is 0 Å². The Balaban J connectivity index is 2.16. The molecule has 0 aliphatic rings. The molecule has 0 amide bonds. The quantitative estimate of drug-likeness (QED) is 0.752. The maximum absolute atomic E-state index is 13.2. The third kappa shape index (κ3) is 2.02. The molecule has 0 bridgehead atoms. The van der Waals surface area contributed by atoms with Crippen molar-refractivity contribution >= 4 is 11.0 Å². The SMILES string of the molecule is Cc1oc2ccccc2c1C(O)c1cccc(F)c1. The number of aliphatic hydroxyl groups excluding tert-OH is 1. The molecule has 0 spiro atoms. The van der Waals surface area contributed by atoms with Crippen molar-refractivity contribution in [3.63, 3.8) is 0 Å². The third-order valence-electron chi connectivity index (χ3n) is 3.26. The van der Waals surface area contributed by atoms with Crippen LogP contribution in [0.2, 0.25) is 0 Å². The standard InChI is InChI=1S/C16H13FO2/c1-10-15(13-7-2-3-8-14(13)19-10)16(18)11-5-4-6-12(17)9-11/h2-9,16,18H,1H3. The normalized spacial score (nSPS) is 12.8. The fraction of sp³-hybridized carbons (Fsp3) is 0.125. The molecular formula is C16H13FO2. The fourth-order valence-electron chi connectivity index (χ4n) is 2.37. The Morgan fingerprint density at radius 1 is 1.11 bits per heavy atom. The summed E-state index contributed by atoms with van der Waals surface area (Å²) < 4.78 is 18.9. The second-order valence-corrected chi connectivity index (χ2v) is 4.53. The van der Waals surface area contributed by atoms with Crippen LogP contribution in [-0.2, 0) is 0 Å². The molecule has 1 aromatic heterocycles. The predicted molar refractivity (Wildman–Crippen MR) is 71.4 cm³/mol. The lowest BCUT2D eigenvalue weighted by Gasteiger charge is -2.11. The first kappa shape index (κ1) is 11.9. The minimum absolute atomic E-state index is 0.359. The van der Waals surface area contributed by atoms with Crippen molar-refractivity contribution < 1.29 is 13.9 Å². The number of aryl methyl sites for hydroxylation is 1. The first-order valence-electron chi connectivity index (χ1n) is 6.08. The Morgan fingerprint density at radius 2 is 1.89 bits per heavy atom. The van der Waals surface area contributed by atoms with Gasteiger partial charge in [0.1, 0.15) is 23.3 Å². The van der Waals surface area contributed by atoms with E-state index in [2.05, 4.69) is 0 Å². The Hall–Kier alpha value is -2.13. The molecule has 96 valence electrons. The summed E-state index contributed by atoms with van der Waals surface area (Å²) in [6, 6.07) is 13.5. The maximum atomic E-state index is 13.2. The monoisotopic (exact) mass is 256 g/mol. The number of fused-ring (bicyclic) bond motifs is 1. The van der Waals surface area contributed by atoms with Gasteiger partial charge < -0.3 is 9.52 Å². The van der Waals surface area contributed by atoms with Crippen molar-refractivity contribution in [3.8, 4) is 0 Å². The van der Waals surface area contributed by atoms with Crippen molar-refractivity contribution in [1.82, 2.24) is 0 Å². The van der Waals surface area contributed by atoms with Gasteiger partial charge >= 0.3 is 0 Å². The molecule has 3 rings (SSSR count). The number of rotatable bonds is 2. The van der Waals surface area contributed by atoms with E-state index in [9.17, 15) is 9.50 Å². The zero-order chi connectivity index (χ0) is 13.4. The molecule has 1 heterocycles. The number of halogens is 1. The van der Waals surface area contributed by atoms with E-state index in [1.54, 1.807) is 19.1 Å². The summed E-state index contributed by atoms with van der Waals surface area (Å²) in [4.78, 5) is 0. The Labute approximate surface area is 110 Å². The summed E-state index contributed by atoms with van der Waals surface area (Å²) >= 11 is 0. The molecule has 0 aliphatic heterocycles. The van der Waals surface area contributed by atoms with Gasteiger partial charge in [-0.1, -0.05) is 30.3 Å². The average molecular weight is 256 g/mol. The zero-order valence-corrected chi connectivity index (χ0v) is 10.4. The molecule has 3 heteroatoms. The summed E-state index contributed by atoms with van der Waals surface area (Å²) in [5, 5.41) is 11.3. The smallest absolute Gasteiger partial charge is 0.134 e. The Kier molecular flexibility index (Phi) is 2.84. The highest BCUT2D eigenvalue weighted by atomic mass is 19.1. The van der Waals surface area contributed by atoms with E-state index in [0.29, 0.717) is 16.9 Å². The maximum Gasteiger partial charge on any atom is 0.134 e. The largest absolute Gasteiger partial charge is 0.461 e. The molecule has 1 unspecified atom stereocenters. The lowest BCUT2D eigenvalue weighted by Crippen LogP contribution is -2.00. The predicted octanol–water partition coefficient (Wildman–Crippen LogP) is 3.96. The molecular weight excluding hydrogens is 243 g/mol. The summed E-state index contributed by atoms with van der Waals surface area (Å²) in [6.45, 7) is 1.80. The van der Waals surface area contributed by atoms with Crippen molar-refractivity contribution in [2.45, 2.75) is 13.0 Å². The van der Waals surface area contributed by atoms with Gasteiger partial charge in [0.15, 0.2) is 0 Å². The minimum atomic E-state index is -0.889. The van der Waals surface area contributed by atoms with E-state index in [-0.39, 0.29) is 5.82 Å². The van der Waals surface area contributed by atoms with Crippen LogP contribution >= 0.6 is 0 Å². The highest BCUT2D eigenvalue weighted by Gasteiger charge is 2.20. The van der Waals surface area contributed by atoms with Crippen LogP contribution in [0.5, 0.6) is 0 Å². The van der Waals surface area contributed by atoms with Crippen molar-refractivity contribution in [3.05, 3.63) is 71.2 Å². The number of hydrogen-bond donors (Lipinski definition) is 1. The van der Waals surface area contributed by atoms with Crippen LogP contribution < -0.4 is 0 Å². The molecule has 19 heavy (non-hydrogen) atoms. The number of aliphatic hydroxyl groups is 1. The van der Waals surface area contributed by atoms with Gasteiger partial charge in [-0.2, -0.15) is 0 Å². The second kappa shape index (κ2) is 4.52. The van der Waals surface area contributed by atoms with E-state index in [1.165, 1.54) is 12.1 Å². The molecule has 2 aromatic carbocycles. The average Bonchev–Trinajstić information content (AvgIpc) is 2.74. The number of para-hydroxylation sites is 1. The molecule has 1 N–H and O–H groups in total. The summed E-state index contributed by atoms with van der Waals surface area (Å²) in [7, 11) is 0. The van der Waals surface area contributed by atoms with Crippen molar-refractivity contribution in [1.29, 1.82) is 0 Å². The summed E-state index contributed by atoms with van der Waals surface area (Å²) in [6.07, 6.45) is -0.889. The molecule has 3 aromatic rings. The van der Waals surface area contributed by atoms with Crippen molar-refractivity contribution in [2.75, 3.05) is 0 Å². The third-order valence-corrected chi connectivity index (χ3v) is 3.26. The van der Waals surface area contributed by atoms with Crippen LogP contribution in [0.25, 0.3) is 11.0 Å². The molecule has 1 atom stereocenters. The van der Waals surface area contributed by atoms with Gasteiger partial charge in [0.2, 0.25) is 0 Å². The van der Waals surface area contributed by atoms with Gasteiger partial charge in [-0.25, -0.2) is 4.39 Å². The molecule has 0 saturated heterocycles. The van der Waals surface area contributed by atoms with Crippen LogP contribution in [0.4, 0.5) is 4.39 Å². The molecule has 0 fully saturated rings. The van der Waals surface area contributed by atoms with Crippen molar-refractivity contribution in [2.24, 2.45) is 0 Å². The number of furan rings is 1. The van der Waals surface area contributed by atoms with Crippen LogP contribution in [0, 0.1) is 12.7 Å². The first-order chi connectivity index (χ1) is 9.16. The van der Waals surface area contributed by atoms with Crippen LogP contribution in [0.3, 0.4) is 0 Å². The van der Waals surface area contributed by atoms with Crippen LogP contribution in [0.15, 0.2) is 52.9 Å². The molecule has 2 nitrogen and oxygen atoms in total. The number of benzene rings is 2. The highest BCUT2D eigenvalue weighted by molar-refractivity contribution is 5.83. The summed E-state index contributed by atoms with van der Waals surface area (Å²) in [5.74, 6) is 0.292. The van der Waals surface area contributed by atoms with E-state index >= 15 is 0 Å². The van der Waals surface area contributed by atoms with Gasteiger partial charge in [-0.05, 0) is 30.7 Å². The first-order valence-corrected chi connectivity index (χ1v) is 6.08. The lowest BCUT2D eigenvalue weighted by atomic mass is 9.99. The van der Waals surface area contributed by atoms with Gasteiger partial charge in [0.25, 0.3) is 0 Å². The topological polar surface area (TPSA) is 33.4 Å². The van der Waals surface area contributed by atoms with Gasteiger partial charge in [-0.3, -0.25) is 0 Å². The lowest BCUT2D eigenvalue weighted by molar-refractivity contribution is 0.218. The molecule has 0 saturated carbocycles. The van der Waals surface area contributed by atoms with Gasteiger partial charge in [0.05, 0.1) is 0 Å². The summed E-state index contributed by atoms with van der Waals surface area (Å²) in [5.41, 5.74) is 1.95. The Bertz CT molecular complexity index is 730. The van der Waals surface area contributed by atoms with Gasteiger partial charge in [0, 0.05) is 10.9 Å². The Morgan fingerprint density at radius 3 is 2.68 bits per heavy atom. The molecule has 0 aliphatic carbocycles. The van der Waals surface area contributed by atoms with E-state index in [1.807, 2.05) is 24.3 Å². The number of hydrogen-bond acceptors (Lipinski definition) is 2. The van der Waals surface area contributed by atoms with E-state index in [0.717, 1.165) is 11.0 Å². The minimum Gasteiger partial charge on any atom is -0.461 e. The fourth-order valence-corrected chi connectivity index (χ4v) is 2.37.